The number of amides is 2. The summed E-state index contributed by atoms with van der Waals surface area (Å²) in [5.74, 6) is 0.146. The highest BCUT2D eigenvalue weighted by atomic mass is 16.5. The molecule has 2 amide bonds. The van der Waals surface area contributed by atoms with Gasteiger partial charge in [-0.2, -0.15) is 0 Å². The van der Waals surface area contributed by atoms with Crippen LogP contribution in [0, 0.1) is 0 Å². The number of hydrogen-bond donors (Lipinski definition) is 1. The molecule has 18 heavy (non-hydrogen) atoms. The van der Waals surface area contributed by atoms with Gasteiger partial charge in [-0.15, -0.1) is 0 Å². The van der Waals surface area contributed by atoms with Gasteiger partial charge in [0.05, 0.1) is 7.11 Å². The van der Waals surface area contributed by atoms with Gasteiger partial charge in [0.25, 0.3) is 0 Å². The minimum absolute atomic E-state index is 0.146. The molecule has 1 rings (SSSR count). The first-order valence-electron chi connectivity index (χ1n) is 6.38. The highest BCUT2D eigenvalue weighted by Gasteiger charge is 2.23. The molecule has 0 atom stereocenters. The third-order valence-corrected chi connectivity index (χ3v) is 2.96. The second kappa shape index (κ2) is 7.20. The van der Waals surface area contributed by atoms with E-state index < -0.39 is 0 Å². The molecular weight excluding hydrogens is 234 g/mol. The molecule has 104 valence electrons. The molecule has 6 nitrogen and oxygen atoms in total. The molecule has 0 unspecified atom stereocenters. The van der Waals surface area contributed by atoms with Crippen molar-refractivity contribution >= 4 is 12.0 Å². The predicted molar refractivity (Wildman–Crippen MR) is 68.3 cm³/mol. The molecule has 0 spiro atoms. The van der Waals surface area contributed by atoms with Crippen molar-refractivity contribution in [3.8, 4) is 0 Å². The van der Waals surface area contributed by atoms with Gasteiger partial charge in [0.15, 0.2) is 0 Å². The Kier molecular flexibility index (Phi) is 5.91. The summed E-state index contributed by atoms with van der Waals surface area (Å²) in [5.41, 5.74) is 0. The summed E-state index contributed by atoms with van der Waals surface area (Å²) >= 11 is 0. The summed E-state index contributed by atoms with van der Waals surface area (Å²) in [4.78, 5) is 26.6. The summed E-state index contributed by atoms with van der Waals surface area (Å²) in [5, 5.41) is 3.22. The highest BCUT2D eigenvalue weighted by Crippen LogP contribution is 2.05. The van der Waals surface area contributed by atoms with Gasteiger partial charge in [0.1, 0.15) is 0 Å². The van der Waals surface area contributed by atoms with Crippen LogP contribution in [0.4, 0.5) is 4.79 Å². The van der Waals surface area contributed by atoms with Crippen molar-refractivity contribution in [2.75, 3.05) is 39.8 Å². The Balaban J connectivity index is 2.25. The maximum absolute atomic E-state index is 11.9. The van der Waals surface area contributed by atoms with Crippen LogP contribution in [0.1, 0.15) is 20.3 Å². The average molecular weight is 257 g/mol. The van der Waals surface area contributed by atoms with Crippen LogP contribution in [-0.4, -0.2) is 67.7 Å². The lowest BCUT2D eigenvalue weighted by Gasteiger charge is -2.33. The monoisotopic (exact) mass is 257 g/mol. The molecule has 6 heteroatoms. The van der Waals surface area contributed by atoms with Crippen molar-refractivity contribution in [1.29, 1.82) is 0 Å². The molecule has 0 aromatic carbocycles. The summed E-state index contributed by atoms with van der Waals surface area (Å²) in [6.45, 7) is 7.10. The van der Waals surface area contributed by atoms with E-state index in [4.69, 9.17) is 0 Å². The van der Waals surface area contributed by atoms with Crippen LogP contribution < -0.4 is 5.32 Å². The van der Waals surface area contributed by atoms with E-state index >= 15 is 0 Å². The Morgan fingerprint density at radius 3 is 2.22 bits per heavy atom. The third-order valence-electron chi connectivity index (χ3n) is 2.96. The molecule has 1 saturated heterocycles. The van der Waals surface area contributed by atoms with Crippen LogP contribution in [0.25, 0.3) is 0 Å². The van der Waals surface area contributed by atoms with Crippen molar-refractivity contribution in [2.45, 2.75) is 26.3 Å². The fourth-order valence-electron chi connectivity index (χ4n) is 1.89. The Labute approximate surface area is 108 Å². The number of hydrogen-bond acceptors (Lipinski definition) is 4. The van der Waals surface area contributed by atoms with E-state index in [1.54, 1.807) is 9.80 Å². The van der Waals surface area contributed by atoms with Crippen molar-refractivity contribution in [1.82, 2.24) is 15.1 Å². The minimum Gasteiger partial charge on any atom is -0.453 e. The van der Waals surface area contributed by atoms with Gasteiger partial charge in [-0.3, -0.25) is 4.79 Å². The van der Waals surface area contributed by atoms with Crippen molar-refractivity contribution in [3.05, 3.63) is 0 Å². The first kappa shape index (κ1) is 14.8. The predicted octanol–water partition coefficient (Wildman–Crippen LogP) is 0.285. The van der Waals surface area contributed by atoms with Gasteiger partial charge < -0.3 is 19.9 Å². The molecule has 1 aliphatic heterocycles. The first-order valence-corrected chi connectivity index (χ1v) is 6.38. The lowest BCUT2D eigenvalue weighted by atomic mass is 10.2. The number of carbonyl (C=O) groups is 2. The van der Waals surface area contributed by atoms with Gasteiger partial charge in [0.2, 0.25) is 5.91 Å². The summed E-state index contributed by atoms with van der Waals surface area (Å²) < 4.78 is 4.65. The Hall–Kier alpha value is -1.30. The van der Waals surface area contributed by atoms with Gasteiger partial charge >= 0.3 is 6.09 Å². The van der Waals surface area contributed by atoms with Gasteiger partial charge in [0, 0.05) is 45.2 Å². The molecule has 1 fully saturated rings. The van der Waals surface area contributed by atoms with Crippen molar-refractivity contribution in [2.24, 2.45) is 0 Å². The normalized spacial score (nSPS) is 16.0. The van der Waals surface area contributed by atoms with Crippen LogP contribution in [0.2, 0.25) is 0 Å². The number of ether oxygens (including phenoxy) is 1. The number of nitrogens with one attached hydrogen (secondary N) is 1. The second-order valence-corrected chi connectivity index (χ2v) is 4.70. The highest BCUT2D eigenvalue weighted by molar-refractivity contribution is 5.77. The summed E-state index contributed by atoms with van der Waals surface area (Å²) in [6.07, 6.45) is 0.194. The smallest absolute Gasteiger partial charge is 0.409 e. The molecule has 0 aromatic heterocycles. The van der Waals surface area contributed by atoms with Crippen LogP contribution >= 0.6 is 0 Å². The van der Waals surface area contributed by atoms with Crippen molar-refractivity contribution < 1.29 is 14.3 Å². The lowest BCUT2D eigenvalue weighted by Crippen LogP contribution is -2.51. The van der Waals surface area contributed by atoms with Crippen LogP contribution in [0.15, 0.2) is 0 Å². The first-order chi connectivity index (χ1) is 8.54. The number of nitrogens with zero attached hydrogens (tertiary/aromatic N) is 2. The van der Waals surface area contributed by atoms with E-state index in [9.17, 15) is 9.59 Å². The number of rotatable bonds is 4. The molecule has 0 saturated carbocycles. The van der Waals surface area contributed by atoms with E-state index in [-0.39, 0.29) is 12.0 Å². The van der Waals surface area contributed by atoms with Crippen molar-refractivity contribution in [3.63, 3.8) is 0 Å². The molecular formula is C12H23N3O3. The zero-order valence-corrected chi connectivity index (χ0v) is 11.4. The second-order valence-electron chi connectivity index (χ2n) is 4.70. The largest absolute Gasteiger partial charge is 0.453 e. The molecule has 0 bridgehead atoms. The molecule has 0 radical (unpaired) electrons. The average Bonchev–Trinajstić information content (AvgIpc) is 2.37. The molecule has 1 heterocycles. The number of carbonyl (C=O) groups excluding carboxylic acids is 2. The Morgan fingerprint density at radius 2 is 1.72 bits per heavy atom. The van der Waals surface area contributed by atoms with Gasteiger partial charge in [-0.05, 0) is 0 Å². The van der Waals surface area contributed by atoms with Gasteiger partial charge in [-0.25, -0.2) is 4.79 Å². The molecule has 1 aliphatic rings. The van der Waals surface area contributed by atoms with E-state index in [0.717, 1.165) is 0 Å². The molecule has 0 aliphatic carbocycles. The fourth-order valence-corrected chi connectivity index (χ4v) is 1.89. The third kappa shape index (κ3) is 4.52. The maximum Gasteiger partial charge on any atom is 0.409 e. The fraction of sp³-hybridized carbons (Fsp3) is 0.833. The van der Waals surface area contributed by atoms with Crippen LogP contribution in [-0.2, 0) is 9.53 Å². The maximum atomic E-state index is 11.9. The number of piperazine rings is 1. The SMILES string of the molecule is COC(=O)N1CCN(C(=O)CCNC(C)C)CC1. The summed E-state index contributed by atoms with van der Waals surface area (Å²) in [6, 6.07) is 0.397. The standard InChI is InChI=1S/C12H23N3O3/c1-10(2)13-5-4-11(16)14-6-8-15(9-7-14)12(17)18-3/h10,13H,4-9H2,1-3H3. The van der Waals surface area contributed by atoms with Gasteiger partial charge in [-0.1, -0.05) is 13.8 Å². The van der Waals surface area contributed by atoms with Crippen LogP contribution in [0.3, 0.4) is 0 Å². The van der Waals surface area contributed by atoms with E-state index in [1.807, 2.05) is 0 Å². The lowest BCUT2D eigenvalue weighted by molar-refractivity contribution is -0.132. The topological polar surface area (TPSA) is 61.9 Å². The minimum atomic E-state index is -0.316. The molecule has 0 aromatic rings. The molecule has 1 N–H and O–H groups in total. The zero-order chi connectivity index (χ0) is 13.5. The zero-order valence-electron chi connectivity index (χ0n) is 11.4. The Morgan fingerprint density at radius 1 is 1.17 bits per heavy atom. The van der Waals surface area contributed by atoms with E-state index in [0.29, 0.717) is 45.2 Å². The quantitative estimate of drug-likeness (QED) is 0.786. The van der Waals surface area contributed by atoms with E-state index in [2.05, 4.69) is 23.9 Å². The van der Waals surface area contributed by atoms with E-state index in [1.165, 1.54) is 7.11 Å². The number of methoxy groups -OCH3 is 1. The Bertz CT molecular complexity index is 286. The van der Waals surface area contributed by atoms with Crippen LogP contribution in [0.5, 0.6) is 0 Å². The summed E-state index contributed by atoms with van der Waals surface area (Å²) in [7, 11) is 1.37.